The summed E-state index contributed by atoms with van der Waals surface area (Å²) in [6.07, 6.45) is 3.55. The van der Waals surface area contributed by atoms with Crippen LogP contribution in [0, 0.1) is 5.92 Å². The molecule has 3 saturated heterocycles. The van der Waals surface area contributed by atoms with Crippen LogP contribution in [0.15, 0.2) is 10.6 Å². The molecule has 1 aromatic heterocycles. The van der Waals surface area contributed by atoms with Crippen LogP contribution in [0.3, 0.4) is 0 Å². The van der Waals surface area contributed by atoms with Crippen LogP contribution < -0.4 is 0 Å². The van der Waals surface area contributed by atoms with Gasteiger partial charge in [0.2, 0.25) is 11.7 Å². The monoisotopic (exact) mass is 305 g/mol. The lowest BCUT2D eigenvalue weighted by atomic mass is 9.94. The summed E-state index contributed by atoms with van der Waals surface area (Å²) in [5.41, 5.74) is 0.782. The van der Waals surface area contributed by atoms with E-state index in [-0.39, 0.29) is 29.5 Å². The van der Waals surface area contributed by atoms with Crippen molar-refractivity contribution in [1.29, 1.82) is 0 Å². The summed E-state index contributed by atoms with van der Waals surface area (Å²) >= 11 is 0. The quantitative estimate of drug-likeness (QED) is 0.849. The Balaban J connectivity index is 1.79. The molecule has 4 rings (SSSR count). The van der Waals surface area contributed by atoms with Gasteiger partial charge in [-0.15, -0.1) is 0 Å². The van der Waals surface area contributed by atoms with Crippen molar-refractivity contribution in [2.45, 2.75) is 45.6 Å². The fraction of sp³-hybridized carbons (Fsp3) is 0.688. The number of nitrogens with zero attached hydrogens (tertiary/aromatic N) is 3. The van der Waals surface area contributed by atoms with Crippen LogP contribution in [-0.2, 0) is 11.2 Å². The van der Waals surface area contributed by atoms with E-state index in [1.807, 2.05) is 11.8 Å². The molecule has 2 amide bonds. The van der Waals surface area contributed by atoms with Crippen molar-refractivity contribution in [1.82, 2.24) is 15.0 Å². The molecule has 0 N–H and O–H groups in total. The van der Waals surface area contributed by atoms with E-state index in [0.717, 1.165) is 37.9 Å². The number of hydrogen-bond acceptors (Lipinski definition) is 4. The van der Waals surface area contributed by atoms with E-state index in [2.05, 4.69) is 12.1 Å². The molecule has 0 radical (unpaired) electrons. The first-order valence-corrected chi connectivity index (χ1v) is 8.19. The van der Waals surface area contributed by atoms with Gasteiger partial charge < -0.3 is 14.3 Å². The molecule has 2 bridgehead atoms. The van der Waals surface area contributed by atoms with Crippen molar-refractivity contribution in [3.63, 3.8) is 0 Å². The maximum atomic E-state index is 12.6. The normalized spacial score (nSPS) is 24.7. The van der Waals surface area contributed by atoms with E-state index in [4.69, 9.17) is 4.52 Å². The Hall–Kier alpha value is -1.85. The molecule has 0 saturated carbocycles. The number of hydrogen-bond donors (Lipinski definition) is 0. The van der Waals surface area contributed by atoms with E-state index < -0.39 is 0 Å². The molecule has 0 spiro atoms. The molecule has 6 nitrogen and oxygen atoms in total. The Morgan fingerprint density at radius 3 is 2.86 bits per heavy atom. The number of piperidine rings is 1. The highest BCUT2D eigenvalue weighted by Gasteiger charge is 2.42. The van der Waals surface area contributed by atoms with Gasteiger partial charge in [0.1, 0.15) is 0 Å². The lowest BCUT2D eigenvalue weighted by Gasteiger charge is -2.35. The second kappa shape index (κ2) is 6.10. The predicted octanol–water partition coefficient (Wildman–Crippen LogP) is 1.71. The SMILES string of the molecule is CCCN1C(=O)[C@@H]2CC[C@H]1CN(C(=O)c1cc(CC)no1)C2. The largest absolute Gasteiger partial charge is 0.351 e. The Bertz CT molecular complexity index is 569. The van der Waals surface area contributed by atoms with E-state index in [9.17, 15) is 9.59 Å². The highest BCUT2D eigenvalue weighted by molar-refractivity contribution is 5.92. The zero-order valence-corrected chi connectivity index (χ0v) is 13.2. The first-order chi connectivity index (χ1) is 10.6. The maximum absolute atomic E-state index is 12.6. The number of aryl methyl sites for hydroxylation is 1. The van der Waals surface area contributed by atoms with Gasteiger partial charge in [0.15, 0.2) is 0 Å². The third-order valence-electron chi connectivity index (χ3n) is 4.68. The molecule has 22 heavy (non-hydrogen) atoms. The Labute approximate surface area is 130 Å². The molecule has 0 aliphatic carbocycles. The number of fused-ring (bicyclic) bond motifs is 4. The van der Waals surface area contributed by atoms with Gasteiger partial charge in [0.25, 0.3) is 5.91 Å². The highest BCUT2D eigenvalue weighted by atomic mass is 16.5. The molecule has 1 aromatic rings. The zero-order chi connectivity index (χ0) is 15.7. The van der Waals surface area contributed by atoms with Crippen LogP contribution in [0.4, 0.5) is 0 Å². The molecule has 4 heterocycles. The number of rotatable bonds is 4. The van der Waals surface area contributed by atoms with Gasteiger partial charge in [-0.25, -0.2) is 0 Å². The van der Waals surface area contributed by atoms with Crippen LogP contribution in [0.2, 0.25) is 0 Å². The summed E-state index contributed by atoms with van der Waals surface area (Å²) in [6.45, 7) is 5.93. The maximum Gasteiger partial charge on any atom is 0.292 e. The standard InChI is InChI=1S/C16H23N3O3/c1-3-7-19-13-6-5-11(15(19)20)9-18(10-13)16(21)14-8-12(4-2)17-22-14/h8,11,13H,3-7,9-10H2,1-2H3/t11-,13+/m1/s1. The number of carbonyl (C=O) groups excluding carboxylic acids is 2. The molecule has 0 unspecified atom stereocenters. The van der Waals surface area contributed by atoms with Gasteiger partial charge in [-0.2, -0.15) is 0 Å². The van der Waals surface area contributed by atoms with Crippen LogP contribution in [-0.4, -0.2) is 52.4 Å². The molecule has 6 heteroatoms. The summed E-state index contributed by atoms with van der Waals surface area (Å²) in [6, 6.07) is 1.85. The summed E-state index contributed by atoms with van der Waals surface area (Å²) in [5, 5.41) is 3.89. The van der Waals surface area contributed by atoms with Crippen molar-refractivity contribution in [3.8, 4) is 0 Å². The van der Waals surface area contributed by atoms with Gasteiger partial charge >= 0.3 is 0 Å². The van der Waals surface area contributed by atoms with Crippen LogP contribution >= 0.6 is 0 Å². The van der Waals surface area contributed by atoms with Crippen LogP contribution in [0.1, 0.15) is 49.4 Å². The van der Waals surface area contributed by atoms with Gasteiger partial charge in [-0.3, -0.25) is 9.59 Å². The minimum Gasteiger partial charge on any atom is -0.351 e. The van der Waals surface area contributed by atoms with Crippen molar-refractivity contribution in [3.05, 3.63) is 17.5 Å². The minimum absolute atomic E-state index is 0.0668. The lowest BCUT2D eigenvalue weighted by Crippen LogP contribution is -2.48. The van der Waals surface area contributed by atoms with Crippen molar-refractivity contribution in [2.75, 3.05) is 19.6 Å². The molecule has 2 atom stereocenters. The minimum atomic E-state index is -0.143. The smallest absolute Gasteiger partial charge is 0.292 e. The second-order valence-electron chi connectivity index (χ2n) is 6.21. The number of carbonyl (C=O) groups is 2. The molecular weight excluding hydrogens is 282 g/mol. The van der Waals surface area contributed by atoms with Gasteiger partial charge in [-0.05, 0) is 25.7 Å². The molecule has 3 aliphatic heterocycles. The van der Waals surface area contributed by atoms with Crippen molar-refractivity contribution >= 4 is 11.8 Å². The fourth-order valence-corrected chi connectivity index (χ4v) is 3.48. The molecular formula is C16H23N3O3. The van der Waals surface area contributed by atoms with Gasteiger partial charge in [0, 0.05) is 31.7 Å². The number of amides is 2. The van der Waals surface area contributed by atoms with E-state index in [1.54, 1.807) is 11.0 Å². The topological polar surface area (TPSA) is 66.7 Å². The average molecular weight is 305 g/mol. The third kappa shape index (κ3) is 2.62. The summed E-state index contributed by atoms with van der Waals surface area (Å²) in [7, 11) is 0. The van der Waals surface area contributed by atoms with Crippen LogP contribution in [0.25, 0.3) is 0 Å². The van der Waals surface area contributed by atoms with Crippen molar-refractivity contribution < 1.29 is 14.1 Å². The average Bonchev–Trinajstić information content (AvgIpc) is 2.85. The first-order valence-electron chi connectivity index (χ1n) is 8.19. The molecule has 0 aromatic carbocycles. The lowest BCUT2D eigenvalue weighted by molar-refractivity contribution is -0.139. The Morgan fingerprint density at radius 2 is 2.18 bits per heavy atom. The predicted molar refractivity (Wildman–Crippen MR) is 80.3 cm³/mol. The van der Waals surface area contributed by atoms with E-state index in [0.29, 0.717) is 13.1 Å². The molecule has 3 aliphatic rings. The van der Waals surface area contributed by atoms with Gasteiger partial charge in [-0.1, -0.05) is 19.0 Å². The third-order valence-corrected chi connectivity index (χ3v) is 4.68. The molecule has 120 valence electrons. The highest BCUT2D eigenvalue weighted by Crippen LogP contribution is 2.30. The Morgan fingerprint density at radius 1 is 1.36 bits per heavy atom. The summed E-state index contributed by atoms with van der Waals surface area (Å²) < 4.78 is 5.16. The Kier molecular flexibility index (Phi) is 4.18. The van der Waals surface area contributed by atoms with E-state index >= 15 is 0 Å². The number of aromatic nitrogens is 1. The first kappa shape index (κ1) is 15.1. The van der Waals surface area contributed by atoms with Crippen LogP contribution in [0.5, 0.6) is 0 Å². The summed E-state index contributed by atoms with van der Waals surface area (Å²) in [5.74, 6) is 0.283. The molecule has 3 fully saturated rings. The van der Waals surface area contributed by atoms with Crippen molar-refractivity contribution in [2.24, 2.45) is 5.92 Å². The summed E-state index contributed by atoms with van der Waals surface area (Å²) in [4.78, 5) is 28.9. The fourth-order valence-electron chi connectivity index (χ4n) is 3.48. The zero-order valence-electron chi connectivity index (χ0n) is 13.2. The second-order valence-corrected chi connectivity index (χ2v) is 6.21. The van der Waals surface area contributed by atoms with E-state index in [1.165, 1.54) is 0 Å². The van der Waals surface area contributed by atoms with Gasteiger partial charge in [0.05, 0.1) is 11.6 Å².